The Morgan fingerprint density at radius 3 is 2.15 bits per heavy atom. The molecule has 144 valence electrons. The van der Waals surface area contributed by atoms with Crippen molar-refractivity contribution in [3.8, 4) is 17.2 Å². The maximum atomic E-state index is 12.7. The summed E-state index contributed by atoms with van der Waals surface area (Å²) in [5, 5.41) is 2.98. The number of methoxy groups -OCH3 is 3. The molecule has 0 unspecified atom stereocenters. The minimum Gasteiger partial charge on any atom is -0.495 e. The fourth-order valence-corrected chi connectivity index (χ4v) is 2.73. The number of rotatable bonds is 6. The Morgan fingerprint density at radius 1 is 0.926 bits per heavy atom. The van der Waals surface area contributed by atoms with Gasteiger partial charge in [0.15, 0.2) is 11.5 Å². The molecule has 2 amide bonds. The van der Waals surface area contributed by atoms with Crippen molar-refractivity contribution in [1.29, 1.82) is 0 Å². The van der Waals surface area contributed by atoms with Gasteiger partial charge in [0.25, 0.3) is 11.8 Å². The first-order valence-electron chi connectivity index (χ1n) is 7.95. The summed E-state index contributed by atoms with van der Waals surface area (Å²) in [6.45, 7) is 0. The van der Waals surface area contributed by atoms with E-state index in [2.05, 4.69) is 5.32 Å². The lowest BCUT2D eigenvalue weighted by molar-refractivity contribution is 0.0827. The molecule has 8 heteroatoms. The number of anilines is 1. The van der Waals surface area contributed by atoms with E-state index in [1.165, 1.54) is 38.4 Å². The molecule has 7 nitrogen and oxygen atoms in total. The first-order chi connectivity index (χ1) is 12.8. The predicted octanol–water partition coefficient (Wildman–Crippen LogP) is 3.32. The summed E-state index contributed by atoms with van der Waals surface area (Å²) in [4.78, 5) is 26.3. The van der Waals surface area contributed by atoms with Crippen molar-refractivity contribution >= 4 is 29.1 Å². The summed E-state index contributed by atoms with van der Waals surface area (Å²) in [6, 6.07) is 7.79. The van der Waals surface area contributed by atoms with Crippen LogP contribution in [0.2, 0.25) is 5.02 Å². The average molecular weight is 393 g/mol. The standard InChI is InChI=1S/C19H21ClN2O5/c1-22(2)19(24)11-6-7-15(25-3)14(9-11)21-18(23)12-8-13(20)17(27-5)16(10-12)26-4/h6-10H,1-5H3,(H,21,23). The highest BCUT2D eigenvalue weighted by Gasteiger charge is 2.18. The Kier molecular flexibility index (Phi) is 6.52. The molecule has 0 aliphatic rings. The third kappa shape index (κ3) is 4.43. The Labute approximate surface area is 162 Å². The first kappa shape index (κ1) is 20.4. The molecule has 0 saturated heterocycles. The van der Waals surface area contributed by atoms with Gasteiger partial charge in [-0.2, -0.15) is 0 Å². The molecule has 0 aliphatic heterocycles. The van der Waals surface area contributed by atoms with Gasteiger partial charge in [-0.15, -0.1) is 0 Å². The summed E-state index contributed by atoms with van der Waals surface area (Å²) in [5.74, 6) is 0.462. The molecular weight excluding hydrogens is 372 g/mol. The Hall–Kier alpha value is -2.93. The molecule has 2 rings (SSSR count). The number of benzene rings is 2. The van der Waals surface area contributed by atoms with Crippen molar-refractivity contribution in [2.45, 2.75) is 0 Å². The van der Waals surface area contributed by atoms with Crippen molar-refractivity contribution in [3.63, 3.8) is 0 Å². The Balaban J connectivity index is 2.38. The Morgan fingerprint density at radius 2 is 1.59 bits per heavy atom. The zero-order chi connectivity index (χ0) is 20.1. The first-order valence-corrected chi connectivity index (χ1v) is 8.32. The number of hydrogen-bond acceptors (Lipinski definition) is 5. The van der Waals surface area contributed by atoms with E-state index in [9.17, 15) is 9.59 Å². The van der Waals surface area contributed by atoms with Gasteiger partial charge < -0.3 is 24.4 Å². The smallest absolute Gasteiger partial charge is 0.255 e. The second-order valence-electron chi connectivity index (χ2n) is 5.76. The van der Waals surface area contributed by atoms with Gasteiger partial charge >= 0.3 is 0 Å². The number of carbonyl (C=O) groups is 2. The van der Waals surface area contributed by atoms with E-state index in [0.717, 1.165) is 0 Å². The molecular formula is C19H21ClN2O5. The SMILES string of the molecule is COc1ccc(C(=O)N(C)C)cc1NC(=O)c1cc(Cl)c(OC)c(OC)c1. The van der Waals surface area contributed by atoms with Crippen LogP contribution in [0.5, 0.6) is 17.2 Å². The number of hydrogen-bond donors (Lipinski definition) is 1. The van der Waals surface area contributed by atoms with E-state index in [1.807, 2.05) is 0 Å². The van der Waals surface area contributed by atoms with Crippen LogP contribution in [-0.2, 0) is 0 Å². The maximum Gasteiger partial charge on any atom is 0.255 e. The number of ether oxygens (including phenoxy) is 3. The number of carbonyl (C=O) groups excluding carboxylic acids is 2. The predicted molar refractivity (Wildman–Crippen MR) is 104 cm³/mol. The molecule has 0 heterocycles. The van der Waals surface area contributed by atoms with Crippen molar-refractivity contribution in [3.05, 3.63) is 46.5 Å². The quantitative estimate of drug-likeness (QED) is 0.816. The van der Waals surface area contributed by atoms with Crippen LogP contribution in [-0.4, -0.2) is 52.1 Å². The fraction of sp³-hybridized carbons (Fsp3) is 0.263. The second-order valence-corrected chi connectivity index (χ2v) is 6.17. The van der Waals surface area contributed by atoms with Gasteiger partial charge in [0.2, 0.25) is 0 Å². The van der Waals surface area contributed by atoms with Crippen molar-refractivity contribution in [1.82, 2.24) is 4.90 Å². The number of amides is 2. The van der Waals surface area contributed by atoms with Crippen LogP contribution < -0.4 is 19.5 Å². The molecule has 0 aromatic heterocycles. The van der Waals surface area contributed by atoms with E-state index in [-0.39, 0.29) is 16.5 Å². The lowest BCUT2D eigenvalue weighted by atomic mass is 10.1. The van der Waals surface area contributed by atoms with Crippen LogP contribution in [0.25, 0.3) is 0 Å². The Bertz CT molecular complexity index is 867. The summed E-state index contributed by atoms with van der Waals surface area (Å²) < 4.78 is 15.7. The van der Waals surface area contributed by atoms with Crippen LogP contribution in [0.3, 0.4) is 0 Å². The van der Waals surface area contributed by atoms with Crippen LogP contribution in [0, 0.1) is 0 Å². The molecule has 0 saturated carbocycles. The molecule has 0 aliphatic carbocycles. The highest BCUT2D eigenvalue weighted by molar-refractivity contribution is 6.32. The van der Waals surface area contributed by atoms with E-state index in [1.54, 1.807) is 32.3 Å². The highest BCUT2D eigenvalue weighted by Crippen LogP contribution is 2.36. The average Bonchev–Trinajstić information content (AvgIpc) is 2.66. The fourth-order valence-electron chi connectivity index (χ4n) is 2.44. The van der Waals surface area contributed by atoms with Crippen LogP contribution in [0.1, 0.15) is 20.7 Å². The lowest BCUT2D eigenvalue weighted by Crippen LogP contribution is -2.22. The van der Waals surface area contributed by atoms with Crippen LogP contribution in [0.15, 0.2) is 30.3 Å². The topological polar surface area (TPSA) is 77.1 Å². The monoisotopic (exact) mass is 392 g/mol. The third-order valence-corrected chi connectivity index (χ3v) is 4.08. The molecule has 0 radical (unpaired) electrons. The van der Waals surface area contributed by atoms with Crippen LogP contribution in [0.4, 0.5) is 5.69 Å². The summed E-state index contributed by atoms with van der Waals surface area (Å²) >= 11 is 6.16. The minimum atomic E-state index is -0.439. The van der Waals surface area contributed by atoms with Gasteiger partial charge in [-0.3, -0.25) is 9.59 Å². The molecule has 0 fully saturated rings. The molecule has 0 spiro atoms. The molecule has 1 N–H and O–H groups in total. The van der Waals surface area contributed by atoms with E-state index < -0.39 is 5.91 Å². The molecule has 2 aromatic carbocycles. The number of nitrogens with zero attached hydrogens (tertiary/aromatic N) is 1. The molecule has 0 bridgehead atoms. The minimum absolute atomic E-state index is 0.192. The summed E-state index contributed by atoms with van der Waals surface area (Å²) in [6.07, 6.45) is 0. The van der Waals surface area contributed by atoms with Gasteiger partial charge in [0.1, 0.15) is 5.75 Å². The van der Waals surface area contributed by atoms with Gasteiger partial charge in [0.05, 0.1) is 32.0 Å². The molecule has 27 heavy (non-hydrogen) atoms. The normalized spacial score (nSPS) is 10.1. The molecule has 2 aromatic rings. The van der Waals surface area contributed by atoms with Crippen molar-refractivity contribution < 1.29 is 23.8 Å². The molecule has 0 atom stereocenters. The van der Waals surface area contributed by atoms with Gasteiger partial charge in [-0.1, -0.05) is 11.6 Å². The summed E-state index contributed by atoms with van der Waals surface area (Å²) in [5.41, 5.74) is 1.05. The van der Waals surface area contributed by atoms with Crippen molar-refractivity contribution in [2.24, 2.45) is 0 Å². The highest BCUT2D eigenvalue weighted by atomic mass is 35.5. The third-order valence-electron chi connectivity index (χ3n) is 3.80. The van der Waals surface area contributed by atoms with E-state index in [0.29, 0.717) is 28.5 Å². The van der Waals surface area contributed by atoms with E-state index in [4.69, 9.17) is 25.8 Å². The zero-order valence-corrected chi connectivity index (χ0v) is 16.5. The summed E-state index contributed by atoms with van der Waals surface area (Å²) in [7, 11) is 7.69. The van der Waals surface area contributed by atoms with E-state index >= 15 is 0 Å². The second kappa shape index (κ2) is 8.64. The largest absolute Gasteiger partial charge is 0.495 e. The lowest BCUT2D eigenvalue weighted by Gasteiger charge is -2.15. The maximum absolute atomic E-state index is 12.7. The number of nitrogens with one attached hydrogen (secondary N) is 1. The van der Waals surface area contributed by atoms with Gasteiger partial charge in [-0.25, -0.2) is 0 Å². The number of halogens is 1. The van der Waals surface area contributed by atoms with Crippen molar-refractivity contribution in [2.75, 3.05) is 40.7 Å². The van der Waals surface area contributed by atoms with Gasteiger partial charge in [-0.05, 0) is 30.3 Å². The van der Waals surface area contributed by atoms with Crippen LogP contribution >= 0.6 is 11.6 Å². The zero-order valence-electron chi connectivity index (χ0n) is 15.8. The van der Waals surface area contributed by atoms with Gasteiger partial charge in [0, 0.05) is 25.2 Å².